The van der Waals surface area contributed by atoms with E-state index in [-0.39, 0.29) is 31.2 Å². The van der Waals surface area contributed by atoms with Crippen molar-refractivity contribution in [3.8, 4) is 23.5 Å². The number of hydrogen-bond acceptors (Lipinski definition) is 6. The van der Waals surface area contributed by atoms with Gasteiger partial charge in [-0.05, 0) is 12.1 Å². The van der Waals surface area contributed by atoms with E-state index in [1.165, 1.54) is 4.57 Å². The van der Waals surface area contributed by atoms with E-state index in [4.69, 9.17) is 4.74 Å². The summed E-state index contributed by atoms with van der Waals surface area (Å²) in [5.74, 6) is -0.379. The molecule has 2 aromatic carbocycles. The normalized spacial score (nSPS) is 25.2. The van der Waals surface area contributed by atoms with Crippen LogP contribution in [0.1, 0.15) is 35.6 Å². The van der Waals surface area contributed by atoms with E-state index in [0.717, 1.165) is 0 Å². The molecule has 2 aliphatic heterocycles. The van der Waals surface area contributed by atoms with E-state index in [2.05, 4.69) is 6.07 Å². The first-order valence-electron chi connectivity index (χ1n) is 9.08. The number of hydrogen-bond donors (Lipinski definition) is 4. The molecule has 0 radical (unpaired) electrons. The zero-order valence-electron chi connectivity index (χ0n) is 14.8. The average molecular weight is 378 g/mol. The van der Waals surface area contributed by atoms with Gasteiger partial charge in [-0.25, -0.2) is 0 Å². The number of aromatic hydroxyl groups is 2. The van der Waals surface area contributed by atoms with Gasteiger partial charge in [-0.3, -0.25) is 4.57 Å². The summed E-state index contributed by atoms with van der Waals surface area (Å²) in [5, 5.41) is 52.7. The van der Waals surface area contributed by atoms with Crippen LogP contribution < -0.4 is 0 Å². The maximum Gasteiger partial charge on any atom is 0.205 e. The van der Waals surface area contributed by atoms with Gasteiger partial charge in [0, 0.05) is 30.2 Å². The Balaban J connectivity index is 1.80. The van der Waals surface area contributed by atoms with Crippen molar-refractivity contribution in [1.82, 2.24) is 4.57 Å². The Morgan fingerprint density at radius 3 is 2.61 bits per heavy atom. The number of nitrogens with zero attached hydrogens (tertiary/aromatic N) is 2. The minimum atomic E-state index is -1.02. The van der Waals surface area contributed by atoms with Crippen LogP contribution in [-0.2, 0) is 10.3 Å². The number of rotatable bonds is 3. The number of benzene rings is 2. The number of ether oxygens (including phenoxy) is 1. The molecule has 28 heavy (non-hydrogen) atoms. The van der Waals surface area contributed by atoms with E-state index < -0.39 is 17.8 Å². The van der Waals surface area contributed by atoms with Crippen molar-refractivity contribution in [2.24, 2.45) is 0 Å². The Kier molecular flexibility index (Phi) is 3.49. The Morgan fingerprint density at radius 2 is 1.89 bits per heavy atom. The number of aliphatic hydroxyl groups excluding tert-OH is 2. The van der Waals surface area contributed by atoms with Gasteiger partial charge < -0.3 is 25.2 Å². The van der Waals surface area contributed by atoms with Gasteiger partial charge in [0.1, 0.15) is 11.7 Å². The van der Waals surface area contributed by atoms with Crippen molar-refractivity contribution in [3.05, 3.63) is 53.1 Å². The minimum absolute atomic E-state index is 0.176. The molecule has 5 rings (SSSR count). The maximum absolute atomic E-state index is 11.1. The van der Waals surface area contributed by atoms with Crippen LogP contribution in [0.15, 0.2) is 36.4 Å². The molecule has 142 valence electrons. The number of fused-ring (bicyclic) bond motifs is 6. The molecule has 7 nitrogen and oxygen atoms in total. The Morgan fingerprint density at radius 1 is 1.14 bits per heavy atom. The molecular formula is C21H18N2O5. The molecule has 1 fully saturated rings. The lowest BCUT2D eigenvalue weighted by molar-refractivity contribution is -0.0470. The molecule has 7 heteroatoms. The summed E-state index contributed by atoms with van der Waals surface area (Å²) >= 11 is 0. The summed E-state index contributed by atoms with van der Waals surface area (Å²) in [6, 6.07) is 12.7. The lowest BCUT2D eigenvalue weighted by Crippen LogP contribution is -2.27. The molecule has 1 saturated heterocycles. The van der Waals surface area contributed by atoms with Crippen LogP contribution in [0.5, 0.6) is 11.8 Å². The summed E-state index contributed by atoms with van der Waals surface area (Å²) < 4.78 is 7.24. The topological polar surface area (TPSA) is 119 Å². The van der Waals surface area contributed by atoms with E-state index in [0.29, 0.717) is 33.2 Å². The monoisotopic (exact) mass is 378 g/mol. The summed E-state index contributed by atoms with van der Waals surface area (Å²) in [4.78, 5) is 0. The SMILES string of the molecule is N#Cc1ccc(-n2c(O)c3c(c2O)[C@]2(CCO)C[C@@H](O)[C@H]3O2)c2ccccc12. The van der Waals surface area contributed by atoms with Crippen LogP contribution in [0.25, 0.3) is 16.5 Å². The van der Waals surface area contributed by atoms with Gasteiger partial charge in [0.2, 0.25) is 11.8 Å². The van der Waals surface area contributed by atoms with Crippen molar-refractivity contribution in [1.29, 1.82) is 5.26 Å². The van der Waals surface area contributed by atoms with Crippen molar-refractivity contribution < 1.29 is 25.2 Å². The first kappa shape index (κ1) is 17.1. The quantitative estimate of drug-likeness (QED) is 0.555. The molecule has 0 amide bonds. The van der Waals surface area contributed by atoms with Crippen molar-refractivity contribution in [3.63, 3.8) is 0 Å². The highest BCUT2D eigenvalue weighted by atomic mass is 16.5. The lowest BCUT2D eigenvalue weighted by Gasteiger charge is -2.25. The summed E-state index contributed by atoms with van der Waals surface area (Å²) in [7, 11) is 0. The minimum Gasteiger partial charge on any atom is -0.494 e. The molecule has 0 saturated carbocycles. The molecular weight excluding hydrogens is 360 g/mol. The van der Waals surface area contributed by atoms with Gasteiger partial charge in [0.25, 0.3) is 0 Å². The van der Waals surface area contributed by atoms with Gasteiger partial charge in [-0.2, -0.15) is 5.26 Å². The van der Waals surface area contributed by atoms with Crippen LogP contribution in [0.4, 0.5) is 0 Å². The van der Waals surface area contributed by atoms with E-state index in [9.17, 15) is 25.7 Å². The van der Waals surface area contributed by atoms with Gasteiger partial charge in [0.15, 0.2) is 0 Å². The largest absolute Gasteiger partial charge is 0.494 e. The third kappa shape index (κ3) is 1.97. The predicted molar refractivity (Wildman–Crippen MR) is 99.2 cm³/mol. The first-order valence-corrected chi connectivity index (χ1v) is 9.08. The molecule has 0 aliphatic carbocycles. The predicted octanol–water partition coefficient (Wildman–Crippen LogP) is 2.33. The van der Waals surface area contributed by atoms with E-state index in [1.54, 1.807) is 12.1 Å². The van der Waals surface area contributed by atoms with Crippen LogP contribution >= 0.6 is 0 Å². The van der Waals surface area contributed by atoms with Crippen LogP contribution in [0.3, 0.4) is 0 Å². The molecule has 2 bridgehead atoms. The highest BCUT2D eigenvalue weighted by Crippen LogP contribution is 2.63. The van der Waals surface area contributed by atoms with Crippen molar-refractivity contribution in [2.45, 2.75) is 30.7 Å². The number of nitriles is 1. The smallest absolute Gasteiger partial charge is 0.205 e. The molecule has 0 spiro atoms. The standard InChI is InChI=1S/C21H18N2O5/c22-10-11-5-6-14(13-4-2-1-3-12(11)13)23-19(26)16-17(20(23)27)21(7-8-24)9-15(25)18(16)28-21/h1-6,15,18,24-27H,7-9H2/t15-,18-,21+/m1/s1. The summed E-state index contributed by atoms with van der Waals surface area (Å²) in [6.45, 7) is -0.177. The van der Waals surface area contributed by atoms with E-state index in [1.807, 2.05) is 24.3 Å². The molecule has 3 atom stereocenters. The third-order valence-electron chi connectivity index (χ3n) is 5.92. The molecule has 0 unspecified atom stereocenters. The lowest BCUT2D eigenvalue weighted by atomic mass is 9.81. The third-order valence-corrected chi connectivity index (χ3v) is 5.92. The van der Waals surface area contributed by atoms with Gasteiger partial charge >= 0.3 is 0 Å². The second kappa shape index (κ2) is 5.72. The van der Waals surface area contributed by atoms with Crippen molar-refractivity contribution >= 4 is 10.8 Å². The number of aliphatic hydroxyl groups is 2. The maximum atomic E-state index is 11.1. The fourth-order valence-electron chi connectivity index (χ4n) is 4.78. The fourth-order valence-corrected chi connectivity index (χ4v) is 4.78. The van der Waals surface area contributed by atoms with Crippen LogP contribution in [0, 0.1) is 11.3 Å². The summed E-state index contributed by atoms with van der Waals surface area (Å²) in [5.41, 5.74) is 0.769. The molecule has 1 aromatic heterocycles. The molecule has 2 aliphatic rings. The highest BCUT2D eigenvalue weighted by Gasteiger charge is 2.59. The Bertz CT molecular complexity index is 1160. The summed E-state index contributed by atoms with van der Waals surface area (Å²) in [6.07, 6.45) is -1.12. The highest BCUT2D eigenvalue weighted by molar-refractivity contribution is 5.95. The van der Waals surface area contributed by atoms with E-state index >= 15 is 0 Å². The van der Waals surface area contributed by atoms with Gasteiger partial charge in [-0.1, -0.05) is 24.3 Å². The Labute approximate surface area is 160 Å². The molecule has 3 aromatic rings. The van der Waals surface area contributed by atoms with Crippen molar-refractivity contribution in [2.75, 3.05) is 6.61 Å². The zero-order chi connectivity index (χ0) is 19.6. The van der Waals surface area contributed by atoms with Gasteiger partial charge in [0.05, 0.1) is 34.6 Å². The Hall–Kier alpha value is -3.05. The van der Waals surface area contributed by atoms with Gasteiger partial charge in [-0.15, -0.1) is 0 Å². The average Bonchev–Trinajstić information content (AvgIpc) is 3.28. The molecule has 4 N–H and O–H groups in total. The second-order valence-corrected chi connectivity index (χ2v) is 7.34. The zero-order valence-corrected chi connectivity index (χ0v) is 14.8. The fraction of sp³-hybridized carbons (Fsp3) is 0.286. The second-order valence-electron chi connectivity index (χ2n) is 7.34. The first-order chi connectivity index (χ1) is 13.5. The van der Waals surface area contributed by atoms with Crippen LogP contribution in [-0.4, -0.2) is 37.7 Å². The molecule has 3 heterocycles. The number of aromatic nitrogens is 1. The van der Waals surface area contributed by atoms with Crippen LogP contribution in [0.2, 0.25) is 0 Å².